The summed E-state index contributed by atoms with van der Waals surface area (Å²) in [6.07, 6.45) is -0.468. The highest BCUT2D eigenvalue weighted by atomic mass is 16.5. The van der Waals surface area contributed by atoms with E-state index in [1.807, 2.05) is 42.3 Å². The van der Waals surface area contributed by atoms with Gasteiger partial charge in [-0.2, -0.15) is 0 Å². The zero-order valence-electron chi connectivity index (χ0n) is 13.0. The summed E-state index contributed by atoms with van der Waals surface area (Å²) in [5.74, 6) is -0.338. The van der Waals surface area contributed by atoms with Gasteiger partial charge >= 0.3 is 0 Å². The molecule has 1 aromatic carbocycles. The van der Waals surface area contributed by atoms with Crippen LogP contribution in [0, 0.1) is 0 Å². The van der Waals surface area contributed by atoms with Crippen molar-refractivity contribution in [1.82, 2.24) is 9.80 Å². The summed E-state index contributed by atoms with van der Waals surface area (Å²) in [7, 11) is 1.85. The summed E-state index contributed by atoms with van der Waals surface area (Å²) in [5, 5.41) is 10.3. The average Bonchev–Trinajstić information content (AvgIpc) is 2.47. The molecule has 0 radical (unpaired) electrons. The molecule has 22 heavy (non-hydrogen) atoms. The zero-order valence-corrected chi connectivity index (χ0v) is 13.0. The SMILES string of the molecule is CN(CC(N)=O)C[C@H]1CN(C[C@H](O)c2ccccc2)CCO1. The number of likely N-dealkylation sites (N-methyl/N-ethyl adjacent to an activating group) is 1. The number of hydrogen-bond donors (Lipinski definition) is 2. The molecule has 1 heterocycles. The van der Waals surface area contributed by atoms with Gasteiger partial charge in [0.2, 0.25) is 5.91 Å². The van der Waals surface area contributed by atoms with Crippen LogP contribution in [-0.2, 0) is 9.53 Å². The van der Waals surface area contributed by atoms with Gasteiger partial charge in [-0.3, -0.25) is 14.6 Å². The molecule has 1 amide bonds. The van der Waals surface area contributed by atoms with E-state index in [0.717, 1.165) is 18.7 Å². The number of rotatable bonds is 7. The average molecular weight is 307 g/mol. The number of carbonyl (C=O) groups excluding carboxylic acids is 1. The number of benzene rings is 1. The van der Waals surface area contributed by atoms with Crippen LogP contribution < -0.4 is 5.73 Å². The molecule has 6 heteroatoms. The molecule has 1 saturated heterocycles. The molecule has 0 saturated carbocycles. The van der Waals surface area contributed by atoms with Crippen molar-refractivity contribution in [1.29, 1.82) is 0 Å². The number of β-amino-alcohol motifs (C(OH)–C–C–N with tert-alkyl or cyclic N) is 1. The van der Waals surface area contributed by atoms with Crippen LogP contribution in [0.25, 0.3) is 0 Å². The molecule has 1 fully saturated rings. The minimum absolute atomic E-state index is 0.0288. The lowest BCUT2D eigenvalue weighted by atomic mass is 10.1. The highest BCUT2D eigenvalue weighted by Crippen LogP contribution is 2.16. The number of amides is 1. The molecule has 0 unspecified atom stereocenters. The maximum absolute atomic E-state index is 10.9. The lowest BCUT2D eigenvalue weighted by molar-refractivity contribution is -0.119. The van der Waals surface area contributed by atoms with Crippen LogP contribution in [0.4, 0.5) is 0 Å². The van der Waals surface area contributed by atoms with Gasteiger partial charge in [-0.25, -0.2) is 0 Å². The molecule has 0 spiro atoms. The quantitative estimate of drug-likeness (QED) is 0.732. The van der Waals surface area contributed by atoms with E-state index in [9.17, 15) is 9.90 Å². The number of aliphatic hydroxyl groups is 1. The number of aliphatic hydroxyl groups excluding tert-OH is 1. The minimum atomic E-state index is -0.497. The van der Waals surface area contributed by atoms with Crippen LogP contribution >= 0.6 is 0 Å². The van der Waals surface area contributed by atoms with Crippen molar-refractivity contribution in [2.45, 2.75) is 12.2 Å². The minimum Gasteiger partial charge on any atom is -0.387 e. The van der Waals surface area contributed by atoms with Gasteiger partial charge in [0.1, 0.15) is 0 Å². The van der Waals surface area contributed by atoms with Gasteiger partial charge in [-0.05, 0) is 12.6 Å². The van der Waals surface area contributed by atoms with Crippen LogP contribution in [0.1, 0.15) is 11.7 Å². The molecule has 0 bridgehead atoms. The molecular weight excluding hydrogens is 282 g/mol. The number of hydrogen-bond acceptors (Lipinski definition) is 5. The fourth-order valence-corrected chi connectivity index (χ4v) is 2.76. The van der Waals surface area contributed by atoms with Gasteiger partial charge in [0, 0.05) is 26.2 Å². The van der Waals surface area contributed by atoms with E-state index >= 15 is 0 Å². The molecule has 6 nitrogen and oxygen atoms in total. The van der Waals surface area contributed by atoms with Crippen LogP contribution in [0.2, 0.25) is 0 Å². The summed E-state index contributed by atoms with van der Waals surface area (Å²) >= 11 is 0. The van der Waals surface area contributed by atoms with Crippen LogP contribution in [-0.4, -0.2) is 73.3 Å². The Morgan fingerprint density at radius 1 is 1.50 bits per heavy atom. The van der Waals surface area contributed by atoms with Gasteiger partial charge in [-0.1, -0.05) is 30.3 Å². The first-order chi connectivity index (χ1) is 10.5. The van der Waals surface area contributed by atoms with Crippen LogP contribution in [0.3, 0.4) is 0 Å². The van der Waals surface area contributed by atoms with Gasteiger partial charge in [0.05, 0.1) is 25.4 Å². The first-order valence-electron chi connectivity index (χ1n) is 7.58. The predicted octanol–water partition coefficient (Wildman–Crippen LogP) is -0.162. The predicted molar refractivity (Wildman–Crippen MR) is 84.3 cm³/mol. The van der Waals surface area contributed by atoms with E-state index in [1.165, 1.54) is 0 Å². The molecular formula is C16H25N3O3. The molecule has 122 valence electrons. The van der Waals surface area contributed by atoms with Gasteiger partial charge in [0.15, 0.2) is 0 Å². The second kappa shape index (κ2) is 8.24. The second-order valence-electron chi connectivity index (χ2n) is 5.84. The van der Waals surface area contributed by atoms with Crippen molar-refractivity contribution < 1.29 is 14.6 Å². The first kappa shape index (κ1) is 16.9. The van der Waals surface area contributed by atoms with Gasteiger partial charge in [-0.15, -0.1) is 0 Å². The second-order valence-corrected chi connectivity index (χ2v) is 5.84. The Morgan fingerprint density at radius 3 is 2.91 bits per heavy atom. The monoisotopic (exact) mass is 307 g/mol. The zero-order chi connectivity index (χ0) is 15.9. The number of nitrogens with zero attached hydrogens (tertiary/aromatic N) is 2. The molecule has 2 atom stereocenters. The highest BCUT2D eigenvalue weighted by molar-refractivity contribution is 5.75. The van der Waals surface area contributed by atoms with E-state index in [-0.39, 0.29) is 18.6 Å². The number of carbonyl (C=O) groups is 1. The summed E-state index contributed by atoms with van der Waals surface area (Å²) in [4.78, 5) is 15.0. The summed E-state index contributed by atoms with van der Waals surface area (Å²) in [6, 6.07) is 9.67. The third kappa shape index (κ3) is 5.38. The largest absolute Gasteiger partial charge is 0.387 e. The summed E-state index contributed by atoms with van der Waals surface area (Å²) in [6.45, 7) is 3.65. The fraction of sp³-hybridized carbons (Fsp3) is 0.562. The molecule has 0 aromatic heterocycles. The Bertz CT molecular complexity index is 469. The normalized spacial score (nSPS) is 21.0. The molecule has 1 aliphatic heterocycles. The number of nitrogens with two attached hydrogens (primary N) is 1. The van der Waals surface area contributed by atoms with Crippen molar-refractivity contribution >= 4 is 5.91 Å². The maximum Gasteiger partial charge on any atom is 0.231 e. The Labute approximate surface area is 131 Å². The molecule has 0 aliphatic carbocycles. The topological polar surface area (TPSA) is 79.0 Å². The van der Waals surface area contributed by atoms with Crippen molar-refractivity contribution in [3.05, 3.63) is 35.9 Å². The van der Waals surface area contributed by atoms with E-state index in [1.54, 1.807) is 0 Å². The third-order valence-electron chi connectivity index (χ3n) is 3.78. The summed E-state index contributed by atoms with van der Waals surface area (Å²) in [5.41, 5.74) is 6.12. The molecule has 1 aliphatic rings. The fourth-order valence-electron chi connectivity index (χ4n) is 2.76. The molecule has 1 aromatic rings. The third-order valence-corrected chi connectivity index (χ3v) is 3.78. The molecule has 2 rings (SSSR count). The molecule has 3 N–H and O–H groups in total. The number of primary amides is 1. The Balaban J connectivity index is 1.81. The Kier molecular flexibility index (Phi) is 6.33. The van der Waals surface area contributed by atoms with Gasteiger partial charge < -0.3 is 15.6 Å². The first-order valence-corrected chi connectivity index (χ1v) is 7.58. The Hall–Kier alpha value is -1.47. The van der Waals surface area contributed by atoms with Crippen molar-refractivity contribution in [3.8, 4) is 0 Å². The standard InChI is InChI=1S/C16H25N3O3/c1-18(12-16(17)21)9-14-10-19(7-8-22-14)11-15(20)13-5-3-2-4-6-13/h2-6,14-15,20H,7-12H2,1H3,(H2,17,21)/t14-,15-/m0/s1. The van der Waals surface area contributed by atoms with E-state index in [0.29, 0.717) is 19.7 Å². The van der Waals surface area contributed by atoms with E-state index < -0.39 is 6.10 Å². The summed E-state index contributed by atoms with van der Waals surface area (Å²) < 4.78 is 5.73. The van der Waals surface area contributed by atoms with Crippen molar-refractivity contribution in [2.24, 2.45) is 5.73 Å². The lowest BCUT2D eigenvalue weighted by Gasteiger charge is -2.35. The van der Waals surface area contributed by atoms with Gasteiger partial charge in [0.25, 0.3) is 0 Å². The number of morpholine rings is 1. The van der Waals surface area contributed by atoms with E-state index in [4.69, 9.17) is 10.5 Å². The highest BCUT2D eigenvalue weighted by Gasteiger charge is 2.24. The van der Waals surface area contributed by atoms with Crippen molar-refractivity contribution in [2.75, 3.05) is 46.4 Å². The smallest absolute Gasteiger partial charge is 0.231 e. The maximum atomic E-state index is 10.9. The van der Waals surface area contributed by atoms with Crippen molar-refractivity contribution in [3.63, 3.8) is 0 Å². The van der Waals surface area contributed by atoms with E-state index in [2.05, 4.69) is 4.90 Å². The van der Waals surface area contributed by atoms with Crippen LogP contribution in [0.15, 0.2) is 30.3 Å². The Morgan fingerprint density at radius 2 is 2.23 bits per heavy atom. The van der Waals surface area contributed by atoms with Crippen LogP contribution in [0.5, 0.6) is 0 Å². The lowest BCUT2D eigenvalue weighted by Crippen LogP contribution is -2.48. The number of ether oxygens (including phenoxy) is 1.